The van der Waals surface area contributed by atoms with Crippen molar-refractivity contribution in [2.24, 2.45) is 11.1 Å². The van der Waals surface area contributed by atoms with E-state index in [0.29, 0.717) is 13.1 Å². The summed E-state index contributed by atoms with van der Waals surface area (Å²) < 4.78 is 0. The fraction of sp³-hybridized carbons (Fsp3) is 0.786. The minimum atomic E-state index is -0.329. The molecule has 1 rings (SSSR count). The molecule has 1 aliphatic carbocycles. The molecule has 3 heteroatoms. The number of terminal acetylenes is 1. The highest BCUT2D eigenvalue weighted by atomic mass is 16.2. The third kappa shape index (κ3) is 3.23. The summed E-state index contributed by atoms with van der Waals surface area (Å²) >= 11 is 0. The number of carbonyl (C=O) groups is 1. The van der Waals surface area contributed by atoms with Gasteiger partial charge in [-0.1, -0.05) is 32.1 Å². The molecule has 0 aromatic rings. The zero-order valence-corrected chi connectivity index (χ0v) is 10.9. The van der Waals surface area contributed by atoms with Crippen molar-refractivity contribution in [3.8, 4) is 12.3 Å². The zero-order chi connectivity index (χ0) is 12.7. The van der Waals surface area contributed by atoms with E-state index in [1.807, 2.05) is 0 Å². The highest BCUT2D eigenvalue weighted by Crippen LogP contribution is 2.37. The fourth-order valence-electron chi connectivity index (χ4n) is 2.70. The Balaban J connectivity index is 2.78. The third-order valence-corrected chi connectivity index (χ3v) is 3.72. The molecule has 0 aromatic carbocycles. The highest BCUT2D eigenvalue weighted by Gasteiger charge is 2.40. The number of amides is 1. The van der Waals surface area contributed by atoms with Crippen LogP contribution in [-0.4, -0.2) is 30.4 Å². The minimum Gasteiger partial charge on any atom is -0.331 e. The van der Waals surface area contributed by atoms with Crippen LogP contribution in [0.25, 0.3) is 0 Å². The number of nitrogens with zero attached hydrogens (tertiary/aromatic N) is 1. The van der Waals surface area contributed by atoms with Gasteiger partial charge in [-0.15, -0.1) is 6.42 Å². The molecule has 1 aliphatic rings. The summed E-state index contributed by atoms with van der Waals surface area (Å²) in [6.45, 7) is 3.67. The highest BCUT2D eigenvalue weighted by molar-refractivity contribution is 5.83. The van der Waals surface area contributed by atoms with Crippen molar-refractivity contribution in [2.45, 2.75) is 45.4 Å². The van der Waals surface area contributed by atoms with E-state index in [4.69, 9.17) is 12.2 Å². The fourth-order valence-corrected chi connectivity index (χ4v) is 2.70. The van der Waals surface area contributed by atoms with Gasteiger partial charge in [0.2, 0.25) is 5.91 Å². The average molecular weight is 236 g/mol. The van der Waals surface area contributed by atoms with Gasteiger partial charge in [0.15, 0.2) is 0 Å². The van der Waals surface area contributed by atoms with E-state index in [2.05, 4.69) is 12.8 Å². The maximum Gasteiger partial charge on any atom is 0.230 e. The van der Waals surface area contributed by atoms with Gasteiger partial charge >= 0.3 is 0 Å². The molecule has 2 N–H and O–H groups in total. The van der Waals surface area contributed by atoms with E-state index in [-0.39, 0.29) is 11.3 Å². The summed E-state index contributed by atoms with van der Waals surface area (Å²) in [5.41, 5.74) is 5.54. The molecule has 0 unspecified atom stereocenters. The lowest BCUT2D eigenvalue weighted by atomic mass is 9.73. The molecule has 17 heavy (non-hydrogen) atoms. The van der Waals surface area contributed by atoms with E-state index in [1.54, 1.807) is 4.90 Å². The molecule has 0 aliphatic heterocycles. The molecule has 3 nitrogen and oxygen atoms in total. The smallest absolute Gasteiger partial charge is 0.230 e. The van der Waals surface area contributed by atoms with Crippen molar-refractivity contribution in [3.05, 3.63) is 0 Å². The van der Waals surface area contributed by atoms with Crippen molar-refractivity contribution >= 4 is 5.91 Å². The maximum atomic E-state index is 12.6. The molecular formula is C14H24N2O. The number of carbonyl (C=O) groups excluding carboxylic acids is 1. The quantitative estimate of drug-likeness (QED) is 0.739. The predicted octanol–water partition coefficient (Wildman–Crippen LogP) is 1.77. The van der Waals surface area contributed by atoms with Gasteiger partial charge in [-0.25, -0.2) is 0 Å². The molecule has 0 saturated heterocycles. The number of nitrogens with two attached hydrogens (primary N) is 1. The first-order chi connectivity index (χ1) is 8.20. The molecule has 96 valence electrons. The van der Waals surface area contributed by atoms with Crippen LogP contribution >= 0.6 is 0 Å². The second-order valence-corrected chi connectivity index (χ2v) is 4.98. The van der Waals surface area contributed by atoms with Crippen LogP contribution in [0.15, 0.2) is 0 Å². The Morgan fingerprint density at radius 1 is 1.41 bits per heavy atom. The van der Waals surface area contributed by atoms with Crippen LogP contribution in [0.4, 0.5) is 0 Å². The molecule has 0 radical (unpaired) electrons. The minimum absolute atomic E-state index is 0.180. The van der Waals surface area contributed by atoms with Gasteiger partial charge in [-0.2, -0.15) is 0 Å². The first-order valence-corrected chi connectivity index (χ1v) is 6.63. The Hall–Kier alpha value is -1.01. The van der Waals surface area contributed by atoms with Crippen LogP contribution < -0.4 is 5.73 Å². The monoisotopic (exact) mass is 236 g/mol. The van der Waals surface area contributed by atoms with Crippen LogP contribution in [0.2, 0.25) is 0 Å². The Kier molecular flexibility index (Phi) is 5.50. The number of hydrogen-bond acceptors (Lipinski definition) is 2. The normalized spacial score (nSPS) is 18.4. The molecule has 0 heterocycles. The molecule has 1 saturated carbocycles. The van der Waals surface area contributed by atoms with Gasteiger partial charge in [0.25, 0.3) is 0 Å². The average Bonchev–Trinajstić information content (AvgIpc) is 2.38. The van der Waals surface area contributed by atoms with Crippen molar-refractivity contribution in [3.63, 3.8) is 0 Å². The Bertz CT molecular complexity index is 287. The molecular weight excluding hydrogens is 212 g/mol. The molecule has 0 atom stereocenters. The summed E-state index contributed by atoms with van der Waals surface area (Å²) in [7, 11) is 0. The second kappa shape index (κ2) is 6.66. The van der Waals surface area contributed by atoms with Gasteiger partial charge in [-0.3, -0.25) is 4.79 Å². The van der Waals surface area contributed by atoms with E-state index < -0.39 is 0 Å². The van der Waals surface area contributed by atoms with Gasteiger partial charge in [0, 0.05) is 13.1 Å². The van der Waals surface area contributed by atoms with Gasteiger partial charge in [0.1, 0.15) is 0 Å². The largest absolute Gasteiger partial charge is 0.331 e. The van der Waals surface area contributed by atoms with Gasteiger partial charge < -0.3 is 10.6 Å². The van der Waals surface area contributed by atoms with Crippen LogP contribution in [-0.2, 0) is 4.79 Å². The Morgan fingerprint density at radius 2 is 2.06 bits per heavy atom. The third-order valence-electron chi connectivity index (χ3n) is 3.72. The van der Waals surface area contributed by atoms with E-state index in [0.717, 1.165) is 38.6 Å². The first-order valence-electron chi connectivity index (χ1n) is 6.63. The lowest BCUT2D eigenvalue weighted by Crippen LogP contribution is -2.49. The van der Waals surface area contributed by atoms with Gasteiger partial charge in [0.05, 0.1) is 12.0 Å². The SMILES string of the molecule is C#CCN(CCC)C(=O)C1(CN)CCCCC1. The van der Waals surface area contributed by atoms with E-state index >= 15 is 0 Å². The topological polar surface area (TPSA) is 46.3 Å². The lowest BCUT2D eigenvalue weighted by molar-refractivity contribution is -0.143. The zero-order valence-electron chi connectivity index (χ0n) is 10.9. The molecule has 1 fully saturated rings. The molecule has 0 bridgehead atoms. The Labute approximate surface area is 105 Å². The summed E-state index contributed by atoms with van der Waals surface area (Å²) in [4.78, 5) is 14.4. The molecule has 1 amide bonds. The van der Waals surface area contributed by atoms with Crippen molar-refractivity contribution in [1.82, 2.24) is 4.90 Å². The number of hydrogen-bond donors (Lipinski definition) is 1. The Morgan fingerprint density at radius 3 is 2.53 bits per heavy atom. The standard InChI is InChI=1S/C14H24N2O/c1-3-10-16(11-4-2)13(17)14(12-15)8-6-5-7-9-14/h1H,4-12,15H2,2H3. The number of rotatable bonds is 5. The molecule has 0 spiro atoms. The first kappa shape index (κ1) is 14.1. The van der Waals surface area contributed by atoms with Crippen LogP contribution in [0, 0.1) is 17.8 Å². The summed E-state index contributed by atoms with van der Waals surface area (Å²) in [5.74, 6) is 2.76. The summed E-state index contributed by atoms with van der Waals surface area (Å²) in [6.07, 6.45) is 11.6. The predicted molar refractivity (Wildman–Crippen MR) is 70.3 cm³/mol. The van der Waals surface area contributed by atoms with Crippen LogP contribution in [0.3, 0.4) is 0 Å². The van der Waals surface area contributed by atoms with E-state index in [1.165, 1.54) is 6.42 Å². The molecule has 0 aromatic heterocycles. The van der Waals surface area contributed by atoms with Crippen molar-refractivity contribution in [2.75, 3.05) is 19.6 Å². The summed E-state index contributed by atoms with van der Waals surface area (Å²) in [5, 5.41) is 0. The van der Waals surface area contributed by atoms with E-state index in [9.17, 15) is 4.79 Å². The van der Waals surface area contributed by atoms with Crippen LogP contribution in [0.5, 0.6) is 0 Å². The second-order valence-electron chi connectivity index (χ2n) is 4.98. The summed E-state index contributed by atoms with van der Waals surface area (Å²) in [6, 6.07) is 0. The van der Waals surface area contributed by atoms with Crippen LogP contribution in [0.1, 0.15) is 45.4 Å². The van der Waals surface area contributed by atoms with Gasteiger partial charge in [-0.05, 0) is 19.3 Å². The van der Waals surface area contributed by atoms with Crippen molar-refractivity contribution < 1.29 is 4.79 Å². The maximum absolute atomic E-state index is 12.6. The van der Waals surface area contributed by atoms with Crippen molar-refractivity contribution in [1.29, 1.82) is 0 Å². The lowest BCUT2D eigenvalue weighted by Gasteiger charge is -2.38.